The standard InChI is InChI=1S/C14H10F4N2O3/c15-11-6-3-9(7-12(11)20(21)22)13(19)8-1-4-10(5-2-8)23-14(16,17)18/h1-7,13H,19H2/t13-/m1/s1. The Kier molecular flexibility index (Phi) is 4.50. The second-order valence-electron chi connectivity index (χ2n) is 4.56. The van der Waals surface area contributed by atoms with Gasteiger partial charge in [0.05, 0.1) is 11.0 Å². The Morgan fingerprint density at radius 2 is 1.65 bits per heavy atom. The molecule has 1 atom stereocenters. The molecular weight excluding hydrogens is 320 g/mol. The van der Waals surface area contributed by atoms with Crippen LogP contribution < -0.4 is 10.5 Å². The third kappa shape index (κ3) is 4.16. The third-order valence-electron chi connectivity index (χ3n) is 3.00. The van der Waals surface area contributed by atoms with Gasteiger partial charge in [0.1, 0.15) is 5.75 Å². The van der Waals surface area contributed by atoms with Gasteiger partial charge < -0.3 is 10.5 Å². The van der Waals surface area contributed by atoms with Gasteiger partial charge in [-0.15, -0.1) is 13.2 Å². The van der Waals surface area contributed by atoms with Crippen molar-refractivity contribution in [3.05, 3.63) is 69.5 Å². The normalized spacial score (nSPS) is 12.7. The highest BCUT2D eigenvalue weighted by Crippen LogP contribution is 2.28. The number of benzene rings is 2. The summed E-state index contributed by atoms with van der Waals surface area (Å²) in [5.41, 5.74) is 5.82. The van der Waals surface area contributed by atoms with Crippen LogP contribution in [0.15, 0.2) is 42.5 Å². The molecule has 9 heteroatoms. The molecule has 0 fully saturated rings. The Bertz CT molecular complexity index is 717. The van der Waals surface area contributed by atoms with Gasteiger partial charge in [-0.25, -0.2) is 0 Å². The SMILES string of the molecule is N[C@H](c1ccc(OC(F)(F)F)cc1)c1ccc(F)c([N+](=O)[O-])c1. The van der Waals surface area contributed by atoms with E-state index in [1.807, 2.05) is 0 Å². The summed E-state index contributed by atoms with van der Waals surface area (Å²) in [7, 11) is 0. The van der Waals surface area contributed by atoms with Crippen LogP contribution in [0.5, 0.6) is 5.75 Å². The Morgan fingerprint density at radius 3 is 2.17 bits per heavy atom. The van der Waals surface area contributed by atoms with Gasteiger partial charge in [0.2, 0.25) is 5.82 Å². The van der Waals surface area contributed by atoms with Crippen molar-refractivity contribution in [1.29, 1.82) is 0 Å². The van der Waals surface area contributed by atoms with Crippen LogP contribution in [0.2, 0.25) is 0 Å². The predicted octanol–water partition coefficient (Wildman–Crippen LogP) is 3.68. The van der Waals surface area contributed by atoms with Gasteiger partial charge in [-0.2, -0.15) is 4.39 Å². The van der Waals surface area contributed by atoms with Gasteiger partial charge in [-0.1, -0.05) is 18.2 Å². The third-order valence-corrected chi connectivity index (χ3v) is 3.00. The van der Waals surface area contributed by atoms with E-state index in [0.717, 1.165) is 24.3 Å². The molecule has 0 bridgehead atoms. The molecule has 2 N–H and O–H groups in total. The van der Waals surface area contributed by atoms with Crippen LogP contribution >= 0.6 is 0 Å². The number of rotatable bonds is 4. The Balaban J connectivity index is 2.25. The first-order valence-electron chi connectivity index (χ1n) is 6.22. The van der Waals surface area contributed by atoms with E-state index in [2.05, 4.69) is 4.74 Å². The van der Waals surface area contributed by atoms with Crippen LogP contribution in [0.3, 0.4) is 0 Å². The minimum absolute atomic E-state index is 0.252. The van der Waals surface area contributed by atoms with Crippen molar-refractivity contribution in [2.24, 2.45) is 5.73 Å². The fraction of sp³-hybridized carbons (Fsp3) is 0.143. The van der Waals surface area contributed by atoms with E-state index in [9.17, 15) is 27.7 Å². The summed E-state index contributed by atoms with van der Waals surface area (Å²) in [4.78, 5) is 9.83. The highest BCUT2D eigenvalue weighted by Gasteiger charge is 2.31. The molecule has 0 heterocycles. The van der Waals surface area contributed by atoms with E-state index in [4.69, 9.17) is 5.73 Å². The van der Waals surface area contributed by atoms with Gasteiger partial charge in [0.25, 0.3) is 0 Å². The molecule has 0 saturated heterocycles. The zero-order valence-corrected chi connectivity index (χ0v) is 11.4. The number of nitrogens with two attached hydrogens (primary N) is 1. The molecule has 5 nitrogen and oxygen atoms in total. The molecule has 0 aliphatic carbocycles. The van der Waals surface area contributed by atoms with Crippen LogP contribution in [0, 0.1) is 15.9 Å². The summed E-state index contributed by atoms with van der Waals surface area (Å²) >= 11 is 0. The molecule has 0 aliphatic rings. The van der Waals surface area contributed by atoms with E-state index < -0.39 is 34.6 Å². The van der Waals surface area contributed by atoms with Crippen molar-refractivity contribution in [1.82, 2.24) is 0 Å². The summed E-state index contributed by atoms with van der Waals surface area (Å²) in [5.74, 6) is -1.42. The van der Waals surface area contributed by atoms with E-state index in [0.29, 0.717) is 5.56 Å². The first kappa shape index (κ1) is 16.7. The number of nitro benzene ring substituents is 1. The lowest BCUT2D eigenvalue weighted by Crippen LogP contribution is -2.17. The van der Waals surface area contributed by atoms with Crippen molar-refractivity contribution in [3.63, 3.8) is 0 Å². The molecule has 23 heavy (non-hydrogen) atoms. The first-order chi connectivity index (χ1) is 10.7. The average Bonchev–Trinajstić information content (AvgIpc) is 2.46. The second kappa shape index (κ2) is 6.21. The fourth-order valence-electron chi connectivity index (χ4n) is 1.93. The van der Waals surface area contributed by atoms with Gasteiger partial charge in [-0.3, -0.25) is 10.1 Å². The van der Waals surface area contributed by atoms with Crippen molar-refractivity contribution >= 4 is 5.69 Å². The lowest BCUT2D eigenvalue weighted by Gasteiger charge is -2.14. The molecule has 0 aliphatic heterocycles. The number of nitrogens with zero attached hydrogens (tertiary/aromatic N) is 1. The molecule has 2 rings (SSSR count). The van der Waals surface area contributed by atoms with Gasteiger partial charge in [0, 0.05) is 6.07 Å². The van der Waals surface area contributed by atoms with Crippen molar-refractivity contribution in [3.8, 4) is 5.75 Å². The Morgan fingerprint density at radius 1 is 1.09 bits per heavy atom. The lowest BCUT2D eigenvalue weighted by atomic mass is 9.99. The van der Waals surface area contributed by atoms with Crippen LogP contribution in [-0.2, 0) is 0 Å². The highest BCUT2D eigenvalue weighted by molar-refractivity contribution is 5.41. The van der Waals surface area contributed by atoms with E-state index in [-0.39, 0.29) is 5.56 Å². The number of ether oxygens (including phenoxy) is 1. The molecule has 122 valence electrons. The zero-order valence-electron chi connectivity index (χ0n) is 11.4. The summed E-state index contributed by atoms with van der Waals surface area (Å²) in [6.45, 7) is 0. The summed E-state index contributed by atoms with van der Waals surface area (Å²) < 4.78 is 53.3. The molecule has 0 aromatic heterocycles. The minimum Gasteiger partial charge on any atom is -0.406 e. The van der Waals surface area contributed by atoms with Crippen LogP contribution in [0.4, 0.5) is 23.2 Å². The van der Waals surface area contributed by atoms with Gasteiger partial charge in [0.15, 0.2) is 0 Å². The van der Waals surface area contributed by atoms with E-state index in [1.165, 1.54) is 18.2 Å². The smallest absolute Gasteiger partial charge is 0.406 e. The number of nitro groups is 1. The van der Waals surface area contributed by atoms with E-state index in [1.54, 1.807) is 0 Å². The van der Waals surface area contributed by atoms with Crippen molar-refractivity contribution < 1.29 is 27.2 Å². The molecule has 0 amide bonds. The largest absolute Gasteiger partial charge is 0.573 e. The number of hydrogen-bond donors (Lipinski definition) is 1. The molecule has 2 aromatic rings. The Labute approximate surface area is 127 Å². The summed E-state index contributed by atoms with van der Waals surface area (Å²) in [6.07, 6.45) is -4.80. The Hall–Kier alpha value is -2.68. The van der Waals surface area contributed by atoms with Gasteiger partial charge in [-0.05, 0) is 29.3 Å². The number of halogens is 4. The van der Waals surface area contributed by atoms with E-state index >= 15 is 0 Å². The molecule has 0 saturated carbocycles. The monoisotopic (exact) mass is 330 g/mol. The van der Waals surface area contributed by atoms with Crippen LogP contribution in [0.25, 0.3) is 0 Å². The molecule has 0 spiro atoms. The first-order valence-corrected chi connectivity index (χ1v) is 6.22. The quantitative estimate of drug-likeness (QED) is 0.527. The molecule has 0 radical (unpaired) electrons. The molecule has 2 aromatic carbocycles. The minimum atomic E-state index is -4.80. The molecule has 0 unspecified atom stereocenters. The fourth-order valence-corrected chi connectivity index (χ4v) is 1.93. The lowest BCUT2D eigenvalue weighted by molar-refractivity contribution is -0.387. The van der Waals surface area contributed by atoms with Crippen molar-refractivity contribution in [2.75, 3.05) is 0 Å². The molecular formula is C14H10F4N2O3. The maximum Gasteiger partial charge on any atom is 0.573 e. The van der Waals surface area contributed by atoms with Crippen molar-refractivity contribution in [2.45, 2.75) is 12.4 Å². The zero-order chi connectivity index (χ0) is 17.2. The average molecular weight is 330 g/mol. The predicted molar refractivity (Wildman–Crippen MR) is 72.2 cm³/mol. The summed E-state index contributed by atoms with van der Waals surface area (Å²) in [5, 5.41) is 10.7. The van der Waals surface area contributed by atoms with Crippen LogP contribution in [-0.4, -0.2) is 11.3 Å². The maximum absolute atomic E-state index is 13.3. The second-order valence-corrected chi connectivity index (χ2v) is 4.56. The maximum atomic E-state index is 13.3. The highest BCUT2D eigenvalue weighted by atomic mass is 19.4. The van der Waals surface area contributed by atoms with Gasteiger partial charge >= 0.3 is 12.0 Å². The summed E-state index contributed by atoms with van der Waals surface area (Å²) in [6, 6.07) is 7.03. The number of hydrogen-bond acceptors (Lipinski definition) is 4. The topological polar surface area (TPSA) is 78.4 Å². The van der Waals surface area contributed by atoms with Crippen LogP contribution in [0.1, 0.15) is 17.2 Å². The number of alkyl halides is 3.